The van der Waals surface area contributed by atoms with Crippen LogP contribution >= 0.6 is 11.8 Å². The molecule has 15 heavy (non-hydrogen) atoms. The maximum absolute atomic E-state index is 11.2. The molecule has 1 atom stereocenters. The highest BCUT2D eigenvalue weighted by Gasteiger charge is 2.13. The summed E-state index contributed by atoms with van der Waals surface area (Å²) >= 11 is 1.60. The Morgan fingerprint density at radius 1 is 1.53 bits per heavy atom. The molecule has 4 N–H and O–H groups in total. The normalized spacial score (nSPS) is 12.4. The SMILES string of the molecule is CCC(C)Sc1c(N)cccc1C(N)=O. The molecule has 0 heterocycles. The number of hydrogen-bond acceptors (Lipinski definition) is 3. The Balaban J connectivity index is 3.07. The summed E-state index contributed by atoms with van der Waals surface area (Å²) in [6, 6.07) is 5.25. The Morgan fingerprint density at radius 3 is 2.73 bits per heavy atom. The van der Waals surface area contributed by atoms with Gasteiger partial charge in [-0.15, -0.1) is 11.8 Å². The summed E-state index contributed by atoms with van der Waals surface area (Å²) in [5.41, 5.74) is 12.3. The van der Waals surface area contributed by atoms with Gasteiger partial charge < -0.3 is 11.5 Å². The molecule has 1 unspecified atom stereocenters. The summed E-state index contributed by atoms with van der Waals surface area (Å²) in [7, 11) is 0. The van der Waals surface area contributed by atoms with Crippen LogP contribution in [0.4, 0.5) is 5.69 Å². The summed E-state index contributed by atoms with van der Waals surface area (Å²) in [4.78, 5) is 12.0. The third kappa shape index (κ3) is 2.89. The van der Waals surface area contributed by atoms with Gasteiger partial charge in [-0.3, -0.25) is 4.79 Å². The molecule has 3 nitrogen and oxygen atoms in total. The van der Waals surface area contributed by atoms with E-state index in [0.717, 1.165) is 11.3 Å². The van der Waals surface area contributed by atoms with E-state index in [2.05, 4.69) is 13.8 Å². The van der Waals surface area contributed by atoms with Gasteiger partial charge in [0.15, 0.2) is 0 Å². The van der Waals surface area contributed by atoms with Crippen LogP contribution in [0.5, 0.6) is 0 Å². The molecule has 0 aliphatic heterocycles. The lowest BCUT2D eigenvalue weighted by Gasteiger charge is -2.13. The summed E-state index contributed by atoms with van der Waals surface area (Å²) in [6.07, 6.45) is 1.03. The van der Waals surface area contributed by atoms with Gasteiger partial charge in [0.2, 0.25) is 5.91 Å². The molecule has 0 saturated carbocycles. The molecule has 82 valence electrons. The van der Waals surface area contributed by atoms with E-state index in [1.807, 2.05) is 0 Å². The molecule has 4 heteroatoms. The van der Waals surface area contributed by atoms with Crippen LogP contribution in [0.2, 0.25) is 0 Å². The number of rotatable bonds is 4. The maximum atomic E-state index is 11.2. The average molecular weight is 224 g/mol. The van der Waals surface area contributed by atoms with Crippen molar-refractivity contribution in [3.8, 4) is 0 Å². The molecule has 0 radical (unpaired) electrons. The van der Waals surface area contributed by atoms with Gasteiger partial charge in [-0.05, 0) is 18.6 Å². The fourth-order valence-electron chi connectivity index (χ4n) is 1.16. The van der Waals surface area contributed by atoms with Gasteiger partial charge in [0.25, 0.3) is 0 Å². The van der Waals surface area contributed by atoms with Gasteiger partial charge in [-0.1, -0.05) is 19.9 Å². The van der Waals surface area contributed by atoms with E-state index >= 15 is 0 Å². The largest absolute Gasteiger partial charge is 0.398 e. The maximum Gasteiger partial charge on any atom is 0.249 e. The standard InChI is InChI=1S/C11H16N2OS/c1-3-7(2)15-10-8(11(13)14)5-4-6-9(10)12/h4-7H,3,12H2,1-2H3,(H2,13,14). The molecular weight excluding hydrogens is 208 g/mol. The van der Waals surface area contributed by atoms with E-state index in [4.69, 9.17) is 11.5 Å². The van der Waals surface area contributed by atoms with E-state index in [1.165, 1.54) is 0 Å². The first-order valence-corrected chi connectivity index (χ1v) is 5.79. The first kappa shape index (κ1) is 11.9. The van der Waals surface area contributed by atoms with Crippen molar-refractivity contribution in [3.05, 3.63) is 23.8 Å². The number of carbonyl (C=O) groups is 1. The van der Waals surface area contributed by atoms with E-state index in [0.29, 0.717) is 16.5 Å². The lowest BCUT2D eigenvalue weighted by Crippen LogP contribution is -2.13. The highest BCUT2D eigenvalue weighted by atomic mass is 32.2. The van der Waals surface area contributed by atoms with Gasteiger partial charge in [0, 0.05) is 15.8 Å². The molecule has 0 aliphatic carbocycles. The van der Waals surface area contributed by atoms with Gasteiger partial charge in [-0.2, -0.15) is 0 Å². The fraction of sp³-hybridized carbons (Fsp3) is 0.364. The van der Waals surface area contributed by atoms with Crippen LogP contribution in [0, 0.1) is 0 Å². The monoisotopic (exact) mass is 224 g/mol. The molecule has 0 aromatic heterocycles. The minimum atomic E-state index is -0.423. The Morgan fingerprint density at radius 2 is 2.20 bits per heavy atom. The van der Waals surface area contributed by atoms with Gasteiger partial charge in [0.05, 0.1) is 5.56 Å². The topological polar surface area (TPSA) is 69.1 Å². The molecule has 0 saturated heterocycles. The minimum Gasteiger partial charge on any atom is -0.398 e. The number of primary amides is 1. The number of nitrogens with two attached hydrogens (primary N) is 2. The van der Waals surface area contributed by atoms with Crippen molar-refractivity contribution in [1.82, 2.24) is 0 Å². The smallest absolute Gasteiger partial charge is 0.249 e. The number of hydrogen-bond donors (Lipinski definition) is 2. The molecule has 1 aromatic rings. The number of anilines is 1. The van der Waals surface area contributed by atoms with Crippen molar-refractivity contribution < 1.29 is 4.79 Å². The van der Waals surface area contributed by atoms with Gasteiger partial charge in [0.1, 0.15) is 0 Å². The molecule has 1 amide bonds. The van der Waals surface area contributed by atoms with Crippen molar-refractivity contribution in [2.24, 2.45) is 5.73 Å². The van der Waals surface area contributed by atoms with E-state index in [1.54, 1.807) is 30.0 Å². The van der Waals surface area contributed by atoms with Crippen LogP contribution < -0.4 is 11.5 Å². The van der Waals surface area contributed by atoms with Gasteiger partial charge >= 0.3 is 0 Å². The second kappa shape index (κ2) is 5.07. The second-order valence-electron chi connectivity index (χ2n) is 3.42. The van der Waals surface area contributed by atoms with Crippen molar-refractivity contribution in [2.75, 3.05) is 5.73 Å². The van der Waals surface area contributed by atoms with Crippen LogP contribution in [-0.4, -0.2) is 11.2 Å². The Hall–Kier alpha value is -1.16. The van der Waals surface area contributed by atoms with E-state index in [-0.39, 0.29) is 0 Å². The van der Waals surface area contributed by atoms with Crippen LogP contribution in [-0.2, 0) is 0 Å². The summed E-state index contributed by atoms with van der Waals surface area (Å²) in [5.74, 6) is -0.423. The molecule has 0 bridgehead atoms. The summed E-state index contributed by atoms with van der Waals surface area (Å²) < 4.78 is 0. The highest BCUT2D eigenvalue weighted by molar-refractivity contribution is 8.00. The number of thioether (sulfide) groups is 1. The van der Waals surface area contributed by atoms with Crippen molar-refractivity contribution in [2.45, 2.75) is 30.4 Å². The number of nitrogen functional groups attached to an aromatic ring is 1. The third-order valence-electron chi connectivity index (χ3n) is 2.20. The zero-order chi connectivity index (χ0) is 11.4. The third-order valence-corrected chi connectivity index (χ3v) is 3.63. The predicted octanol–water partition coefficient (Wildman–Crippen LogP) is 2.26. The molecule has 1 aromatic carbocycles. The summed E-state index contributed by atoms with van der Waals surface area (Å²) in [5, 5.41) is 0.424. The number of amides is 1. The van der Waals surface area contributed by atoms with Crippen LogP contribution in [0.15, 0.2) is 23.1 Å². The molecule has 0 spiro atoms. The average Bonchev–Trinajstić information content (AvgIpc) is 2.20. The van der Waals surface area contributed by atoms with E-state index in [9.17, 15) is 4.79 Å². The Labute approximate surface area is 94.2 Å². The first-order chi connectivity index (χ1) is 7.06. The van der Waals surface area contributed by atoms with Gasteiger partial charge in [-0.25, -0.2) is 0 Å². The van der Waals surface area contributed by atoms with Crippen LogP contribution in [0.3, 0.4) is 0 Å². The Bertz CT molecular complexity index is 366. The summed E-state index contributed by atoms with van der Waals surface area (Å²) in [6.45, 7) is 4.20. The zero-order valence-corrected chi connectivity index (χ0v) is 9.80. The highest BCUT2D eigenvalue weighted by Crippen LogP contribution is 2.32. The molecule has 0 fully saturated rings. The minimum absolute atomic E-state index is 0.423. The number of benzene rings is 1. The molecular formula is C11H16N2OS. The lowest BCUT2D eigenvalue weighted by molar-refractivity contribution is 0.0997. The Kier molecular flexibility index (Phi) is 4.03. The zero-order valence-electron chi connectivity index (χ0n) is 8.99. The fourth-order valence-corrected chi connectivity index (χ4v) is 2.23. The molecule has 0 aliphatic rings. The van der Waals surface area contributed by atoms with Crippen LogP contribution in [0.25, 0.3) is 0 Å². The molecule has 1 rings (SSSR count). The lowest BCUT2D eigenvalue weighted by atomic mass is 10.2. The quantitative estimate of drug-likeness (QED) is 0.609. The van der Waals surface area contributed by atoms with Crippen molar-refractivity contribution in [1.29, 1.82) is 0 Å². The predicted molar refractivity (Wildman–Crippen MR) is 65.0 cm³/mol. The second-order valence-corrected chi connectivity index (χ2v) is 4.87. The first-order valence-electron chi connectivity index (χ1n) is 4.91. The van der Waals surface area contributed by atoms with Crippen LogP contribution in [0.1, 0.15) is 30.6 Å². The van der Waals surface area contributed by atoms with Crippen molar-refractivity contribution in [3.63, 3.8) is 0 Å². The van der Waals surface area contributed by atoms with Crippen molar-refractivity contribution >= 4 is 23.4 Å². The van der Waals surface area contributed by atoms with E-state index < -0.39 is 5.91 Å². The number of carbonyl (C=O) groups excluding carboxylic acids is 1.